The van der Waals surface area contributed by atoms with E-state index >= 15 is 0 Å². The third-order valence-corrected chi connectivity index (χ3v) is 3.67. The Kier molecular flexibility index (Phi) is 5.73. The molecule has 0 N–H and O–H groups in total. The number of rotatable bonds is 6. The molecule has 1 unspecified atom stereocenters. The zero-order chi connectivity index (χ0) is 13.7. The maximum absolute atomic E-state index is 12.6. The van der Waals surface area contributed by atoms with E-state index in [4.69, 9.17) is 4.74 Å². The molecule has 1 aliphatic heterocycles. The molecule has 1 aliphatic rings. The van der Waals surface area contributed by atoms with Crippen LogP contribution >= 0.6 is 15.9 Å². The smallest absolute Gasteiger partial charge is 0.251 e. The molecule has 0 fully saturated rings. The first kappa shape index (κ1) is 14.9. The monoisotopic (exact) mass is 333 g/mol. The van der Waals surface area contributed by atoms with Gasteiger partial charge in [-0.2, -0.15) is 0 Å². The van der Waals surface area contributed by atoms with Gasteiger partial charge < -0.3 is 4.74 Å². The lowest BCUT2D eigenvalue weighted by molar-refractivity contribution is 0.00283. The van der Waals surface area contributed by atoms with E-state index in [1.807, 2.05) is 18.2 Å². The molecule has 106 valence electrons. The van der Waals surface area contributed by atoms with Crippen LogP contribution in [-0.4, -0.2) is 42.9 Å². The van der Waals surface area contributed by atoms with Crippen molar-refractivity contribution in [2.45, 2.75) is 19.0 Å². The highest BCUT2D eigenvalue weighted by Crippen LogP contribution is 2.27. The van der Waals surface area contributed by atoms with Gasteiger partial charge >= 0.3 is 0 Å². The van der Waals surface area contributed by atoms with Gasteiger partial charge in [-0.3, -0.25) is 4.90 Å². The summed E-state index contributed by atoms with van der Waals surface area (Å²) in [7, 11) is 0. The van der Waals surface area contributed by atoms with Crippen LogP contribution in [0.2, 0.25) is 0 Å². The Hall–Kier alpha value is -0.520. The number of hydrogen-bond donors (Lipinski definition) is 0. The minimum atomic E-state index is -2.31. The Bertz CT molecular complexity index is 403. The normalized spacial score (nSPS) is 18.9. The van der Waals surface area contributed by atoms with Gasteiger partial charge in [-0.15, -0.1) is 0 Å². The molecule has 1 heterocycles. The van der Waals surface area contributed by atoms with E-state index < -0.39 is 6.43 Å². The van der Waals surface area contributed by atoms with Gasteiger partial charge in [-0.1, -0.05) is 40.2 Å². The van der Waals surface area contributed by atoms with Crippen LogP contribution < -0.4 is 0 Å². The third-order valence-electron chi connectivity index (χ3n) is 3.31. The van der Waals surface area contributed by atoms with Crippen LogP contribution in [0.25, 0.3) is 0 Å². The summed E-state index contributed by atoms with van der Waals surface area (Å²) >= 11 is 3.31. The number of nitrogens with zero attached hydrogens (tertiary/aromatic N) is 1. The number of fused-ring (bicyclic) bond motifs is 1. The lowest BCUT2D eigenvalue weighted by Gasteiger charge is -2.31. The Morgan fingerprint density at radius 2 is 2.16 bits per heavy atom. The molecular weight excluding hydrogens is 316 g/mol. The van der Waals surface area contributed by atoms with Gasteiger partial charge in [0.15, 0.2) is 0 Å². The maximum Gasteiger partial charge on any atom is 0.251 e. The van der Waals surface area contributed by atoms with E-state index in [2.05, 4.69) is 22.0 Å². The lowest BCUT2D eigenvalue weighted by Crippen LogP contribution is -2.36. The summed E-state index contributed by atoms with van der Waals surface area (Å²) in [5.41, 5.74) is 2.41. The summed E-state index contributed by atoms with van der Waals surface area (Å²) in [4.78, 5) is 1.76. The highest BCUT2D eigenvalue weighted by Gasteiger charge is 2.23. The van der Waals surface area contributed by atoms with Crippen molar-refractivity contribution in [2.75, 3.05) is 31.6 Å². The Morgan fingerprint density at radius 1 is 1.37 bits per heavy atom. The second-order valence-electron chi connectivity index (χ2n) is 4.65. The van der Waals surface area contributed by atoms with Crippen LogP contribution in [0.1, 0.15) is 17.2 Å². The van der Waals surface area contributed by atoms with Gasteiger partial charge in [0.25, 0.3) is 6.43 Å². The number of ether oxygens (including phenoxy) is 1. The molecule has 1 aromatic carbocycles. The van der Waals surface area contributed by atoms with Crippen LogP contribution in [-0.2, 0) is 11.2 Å². The van der Waals surface area contributed by atoms with Crippen LogP contribution in [0.4, 0.5) is 8.78 Å². The molecule has 5 heteroatoms. The third kappa shape index (κ3) is 4.23. The van der Waals surface area contributed by atoms with Gasteiger partial charge in [0.05, 0.1) is 19.3 Å². The summed E-state index contributed by atoms with van der Waals surface area (Å²) in [6.07, 6.45) is -1.50. The average molecular weight is 334 g/mol. The minimum absolute atomic E-state index is 0.0947. The van der Waals surface area contributed by atoms with Gasteiger partial charge in [-0.05, 0) is 17.5 Å². The Morgan fingerprint density at radius 3 is 2.89 bits per heavy atom. The lowest BCUT2D eigenvalue weighted by atomic mass is 9.97. The number of benzene rings is 1. The van der Waals surface area contributed by atoms with Crippen LogP contribution in [0, 0.1) is 0 Å². The Balaban J connectivity index is 2.05. The van der Waals surface area contributed by atoms with Crippen molar-refractivity contribution in [2.24, 2.45) is 0 Å². The van der Waals surface area contributed by atoms with Crippen molar-refractivity contribution >= 4 is 15.9 Å². The second kappa shape index (κ2) is 7.31. The van der Waals surface area contributed by atoms with E-state index in [0.29, 0.717) is 25.0 Å². The fourth-order valence-corrected chi connectivity index (χ4v) is 2.94. The van der Waals surface area contributed by atoms with Crippen molar-refractivity contribution in [1.29, 1.82) is 0 Å². The summed E-state index contributed by atoms with van der Waals surface area (Å²) in [5.74, 6) is 0. The molecule has 0 spiro atoms. The fourth-order valence-electron chi connectivity index (χ4n) is 2.43. The van der Waals surface area contributed by atoms with Crippen molar-refractivity contribution in [1.82, 2.24) is 4.90 Å². The summed E-state index contributed by atoms with van der Waals surface area (Å²) in [6, 6.07) is 8.11. The molecule has 1 atom stereocenters. The van der Waals surface area contributed by atoms with Crippen molar-refractivity contribution in [3.8, 4) is 0 Å². The fraction of sp³-hybridized carbons (Fsp3) is 0.571. The van der Waals surface area contributed by atoms with Crippen molar-refractivity contribution in [3.63, 3.8) is 0 Å². The molecule has 0 saturated heterocycles. The van der Waals surface area contributed by atoms with E-state index in [1.54, 1.807) is 4.90 Å². The number of halogens is 3. The highest BCUT2D eigenvalue weighted by atomic mass is 79.9. The predicted molar refractivity (Wildman–Crippen MR) is 75.1 cm³/mol. The van der Waals surface area contributed by atoms with Crippen LogP contribution in [0.3, 0.4) is 0 Å². The second-order valence-corrected chi connectivity index (χ2v) is 5.44. The predicted octanol–water partition coefficient (Wildman–Crippen LogP) is 3.26. The average Bonchev–Trinajstić information content (AvgIpc) is 2.39. The first-order valence-electron chi connectivity index (χ1n) is 6.46. The standard InChI is InChI=1S/C14H18BrF2NO/c15-6-7-18(10-14(16)17)9-13-12-4-2-1-3-11(12)5-8-19-13/h1-4,13-14H,5-10H2. The minimum Gasteiger partial charge on any atom is -0.372 e. The van der Waals surface area contributed by atoms with Gasteiger partial charge in [0, 0.05) is 18.4 Å². The summed E-state index contributed by atoms with van der Waals surface area (Å²) < 4.78 is 30.9. The van der Waals surface area contributed by atoms with Crippen LogP contribution in [0.15, 0.2) is 24.3 Å². The first-order chi connectivity index (χ1) is 9.20. The molecule has 2 rings (SSSR count). The molecule has 0 aromatic heterocycles. The zero-order valence-electron chi connectivity index (χ0n) is 10.7. The molecule has 2 nitrogen and oxygen atoms in total. The molecule has 0 saturated carbocycles. The number of hydrogen-bond acceptors (Lipinski definition) is 2. The molecule has 0 bridgehead atoms. The molecule has 0 amide bonds. The first-order valence-corrected chi connectivity index (χ1v) is 7.58. The van der Waals surface area contributed by atoms with Gasteiger partial charge in [-0.25, -0.2) is 8.78 Å². The van der Waals surface area contributed by atoms with Crippen molar-refractivity contribution in [3.05, 3.63) is 35.4 Å². The van der Waals surface area contributed by atoms with E-state index in [0.717, 1.165) is 12.0 Å². The highest BCUT2D eigenvalue weighted by molar-refractivity contribution is 9.09. The van der Waals surface area contributed by atoms with E-state index in [-0.39, 0.29) is 12.6 Å². The molecular formula is C14H18BrF2NO. The maximum atomic E-state index is 12.6. The SMILES string of the molecule is FC(F)CN(CCBr)CC1OCCc2ccccc21. The topological polar surface area (TPSA) is 12.5 Å². The molecule has 0 aliphatic carbocycles. The Labute approximate surface area is 120 Å². The molecule has 1 aromatic rings. The van der Waals surface area contributed by atoms with Gasteiger partial charge in [0.2, 0.25) is 0 Å². The van der Waals surface area contributed by atoms with Crippen LogP contribution in [0.5, 0.6) is 0 Å². The van der Waals surface area contributed by atoms with E-state index in [1.165, 1.54) is 5.56 Å². The quantitative estimate of drug-likeness (QED) is 0.741. The largest absolute Gasteiger partial charge is 0.372 e. The zero-order valence-corrected chi connectivity index (χ0v) is 12.3. The summed E-state index contributed by atoms with van der Waals surface area (Å²) in [6.45, 7) is 1.59. The molecule has 19 heavy (non-hydrogen) atoms. The van der Waals surface area contributed by atoms with Gasteiger partial charge in [0.1, 0.15) is 0 Å². The molecule has 0 radical (unpaired) electrons. The van der Waals surface area contributed by atoms with E-state index in [9.17, 15) is 8.78 Å². The number of alkyl halides is 3. The summed E-state index contributed by atoms with van der Waals surface area (Å²) in [5, 5.41) is 0.689. The van der Waals surface area contributed by atoms with Crippen molar-refractivity contribution < 1.29 is 13.5 Å².